The van der Waals surface area contributed by atoms with Gasteiger partial charge in [-0.15, -0.1) is 0 Å². The van der Waals surface area contributed by atoms with Crippen molar-refractivity contribution < 1.29 is 28.5 Å². The Morgan fingerprint density at radius 3 is 2.04 bits per heavy atom. The highest BCUT2D eigenvalue weighted by atomic mass is 16.6. The number of nitrogens with zero attached hydrogens (tertiary/aromatic N) is 1. The second kappa shape index (κ2) is 16.3. The van der Waals surface area contributed by atoms with E-state index in [9.17, 15) is 9.59 Å². The first kappa shape index (κ1) is 33.1. The van der Waals surface area contributed by atoms with Crippen molar-refractivity contribution in [3.63, 3.8) is 0 Å². The van der Waals surface area contributed by atoms with E-state index in [2.05, 4.69) is 23.5 Å². The number of para-hydroxylation sites is 1. The molecule has 0 aliphatic rings. The summed E-state index contributed by atoms with van der Waals surface area (Å²) in [7, 11) is 1.29. The Morgan fingerprint density at radius 2 is 1.38 bits per heavy atom. The number of rotatable bonds is 14. The average Bonchev–Trinajstić information content (AvgIpc) is 3.04. The Balaban J connectivity index is 1.28. The van der Waals surface area contributed by atoms with Crippen LogP contribution < -0.4 is 14.8 Å². The van der Waals surface area contributed by atoms with Crippen molar-refractivity contribution in [3.05, 3.63) is 103 Å². The molecule has 0 fully saturated rings. The van der Waals surface area contributed by atoms with Crippen molar-refractivity contribution in [3.8, 4) is 34.0 Å². The molecular weight excluding hydrogens is 568 g/mol. The number of unbranched alkanes of at least 4 members (excludes halogenated alkanes) is 2. The van der Waals surface area contributed by atoms with Gasteiger partial charge in [-0.2, -0.15) is 0 Å². The van der Waals surface area contributed by atoms with Crippen molar-refractivity contribution in [2.45, 2.75) is 58.1 Å². The molecule has 1 aromatic heterocycles. The first-order valence-corrected chi connectivity index (χ1v) is 15.3. The number of methoxy groups -OCH3 is 1. The molecule has 1 N–H and O–H groups in total. The lowest BCUT2D eigenvalue weighted by Gasteiger charge is -2.23. The minimum atomic E-state index is -0.914. The standard InChI is InChI=1S/C37H42N2O6/c1-37(2,3)45-36(41)39-32(35(40)42-4)24-29-20-12-13-21-33(29)43-22-14-7-15-23-44-34-26-30(27-16-8-5-9-17-27)25-31(38-34)28-18-10-6-11-19-28/h5-6,8-13,16-21,25-26,32H,7,14-15,22-24H2,1-4H3,(H,39,41). The van der Waals surface area contributed by atoms with Gasteiger partial charge in [-0.25, -0.2) is 14.6 Å². The van der Waals surface area contributed by atoms with Gasteiger partial charge in [-0.3, -0.25) is 0 Å². The first-order valence-electron chi connectivity index (χ1n) is 15.3. The molecule has 8 nitrogen and oxygen atoms in total. The summed E-state index contributed by atoms with van der Waals surface area (Å²) >= 11 is 0. The summed E-state index contributed by atoms with van der Waals surface area (Å²) in [6.45, 7) is 6.32. The van der Waals surface area contributed by atoms with Gasteiger partial charge in [-0.05, 0) is 68.9 Å². The van der Waals surface area contributed by atoms with Crippen molar-refractivity contribution >= 4 is 12.1 Å². The molecule has 236 valence electrons. The fourth-order valence-electron chi connectivity index (χ4n) is 4.69. The van der Waals surface area contributed by atoms with Crippen molar-refractivity contribution in [1.82, 2.24) is 10.3 Å². The van der Waals surface area contributed by atoms with Gasteiger partial charge in [0.15, 0.2) is 0 Å². The molecule has 0 bridgehead atoms. The van der Waals surface area contributed by atoms with Gasteiger partial charge in [0.25, 0.3) is 0 Å². The van der Waals surface area contributed by atoms with Gasteiger partial charge in [0.1, 0.15) is 17.4 Å². The molecule has 4 aromatic rings. The molecule has 4 rings (SSSR count). The molecule has 0 aliphatic heterocycles. The fraction of sp³-hybridized carbons (Fsp3) is 0.324. The monoisotopic (exact) mass is 610 g/mol. The van der Waals surface area contributed by atoms with Gasteiger partial charge < -0.3 is 24.3 Å². The Labute approximate surface area is 265 Å². The van der Waals surface area contributed by atoms with E-state index < -0.39 is 23.7 Å². The van der Waals surface area contributed by atoms with Gasteiger partial charge in [0, 0.05) is 18.1 Å². The van der Waals surface area contributed by atoms with Gasteiger partial charge in [0.05, 0.1) is 26.0 Å². The number of hydrogen-bond donors (Lipinski definition) is 1. The topological polar surface area (TPSA) is 96.0 Å². The summed E-state index contributed by atoms with van der Waals surface area (Å²) in [5.74, 6) is 0.694. The van der Waals surface area contributed by atoms with E-state index in [1.807, 2.05) is 78.9 Å². The van der Waals surface area contributed by atoms with E-state index in [0.717, 1.165) is 47.2 Å². The molecule has 1 amide bonds. The maximum absolute atomic E-state index is 12.4. The van der Waals surface area contributed by atoms with Crippen LogP contribution in [0.1, 0.15) is 45.6 Å². The molecule has 8 heteroatoms. The maximum Gasteiger partial charge on any atom is 0.408 e. The average molecular weight is 611 g/mol. The Morgan fingerprint density at radius 1 is 0.756 bits per heavy atom. The zero-order chi connectivity index (χ0) is 32.1. The first-order chi connectivity index (χ1) is 21.7. The van der Waals surface area contributed by atoms with E-state index >= 15 is 0 Å². The lowest BCUT2D eigenvalue weighted by molar-refractivity contribution is -0.143. The SMILES string of the molecule is COC(=O)C(Cc1ccccc1OCCCCCOc1cc(-c2ccccc2)cc(-c2ccccc2)n1)NC(=O)OC(C)(C)C. The number of carbonyl (C=O) groups is 2. The summed E-state index contributed by atoms with van der Waals surface area (Å²) < 4.78 is 22.4. The third-order valence-corrected chi connectivity index (χ3v) is 6.85. The quantitative estimate of drug-likeness (QED) is 0.116. The largest absolute Gasteiger partial charge is 0.493 e. The van der Waals surface area contributed by atoms with E-state index in [1.54, 1.807) is 20.8 Å². The van der Waals surface area contributed by atoms with Crippen LogP contribution in [0.15, 0.2) is 97.1 Å². The van der Waals surface area contributed by atoms with Gasteiger partial charge in [-0.1, -0.05) is 78.9 Å². The number of ether oxygens (including phenoxy) is 4. The number of amides is 1. The normalized spacial score (nSPS) is 11.7. The van der Waals surface area contributed by atoms with Crippen LogP contribution in [0.2, 0.25) is 0 Å². The zero-order valence-electron chi connectivity index (χ0n) is 26.5. The predicted octanol–water partition coefficient (Wildman–Crippen LogP) is 7.65. The third-order valence-electron chi connectivity index (χ3n) is 6.85. The Hall–Kier alpha value is -4.85. The van der Waals surface area contributed by atoms with E-state index in [1.165, 1.54) is 7.11 Å². The molecular formula is C37H42N2O6. The molecule has 1 heterocycles. The van der Waals surface area contributed by atoms with Crippen molar-refractivity contribution in [1.29, 1.82) is 0 Å². The molecule has 0 radical (unpaired) electrons. The summed E-state index contributed by atoms with van der Waals surface area (Å²) in [6.07, 6.45) is 2.08. The number of aromatic nitrogens is 1. The highest BCUT2D eigenvalue weighted by Crippen LogP contribution is 2.29. The highest BCUT2D eigenvalue weighted by molar-refractivity contribution is 5.81. The van der Waals surface area contributed by atoms with Crippen LogP contribution in [0, 0.1) is 0 Å². The van der Waals surface area contributed by atoms with Crippen molar-refractivity contribution in [2.24, 2.45) is 0 Å². The number of alkyl carbamates (subject to hydrolysis) is 1. The number of carbonyl (C=O) groups excluding carboxylic acids is 2. The molecule has 0 saturated heterocycles. The molecule has 0 spiro atoms. The van der Waals surface area contributed by atoms with Crippen LogP contribution in [0.4, 0.5) is 4.79 Å². The molecule has 0 saturated carbocycles. The number of esters is 1. The van der Waals surface area contributed by atoms with Crippen LogP contribution in [-0.2, 0) is 20.7 Å². The summed E-state index contributed by atoms with van der Waals surface area (Å²) in [6, 6.07) is 31.0. The third kappa shape index (κ3) is 10.7. The molecule has 1 unspecified atom stereocenters. The number of benzene rings is 3. The number of hydrogen-bond acceptors (Lipinski definition) is 7. The summed E-state index contributed by atoms with van der Waals surface area (Å²) in [4.78, 5) is 29.5. The lowest BCUT2D eigenvalue weighted by atomic mass is 10.0. The van der Waals surface area contributed by atoms with E-state index in [4.69, 9.17) is 23.9 Å². The fourth-order valence-corrected chi connectivity index (χ4v) is 4.69. The van der Waals surface area contributed by atoms with E-state index in [-0.39, 0.29) is 6.42 Å². The molecule has 1 atom stereocenters. The number of pyridine rings is 1. The minimum Gasteiger partial charge on any atom is -0.493 e. The maximum atomic E-state index is 12.4. The lowest BCUT2D eigenvalue weighted by Crippen LogP contribution is -2.45. The second-order valence-electron chi connectivity index (χ2n) is 11.6. The summed E-state index contributed by atoms with van der Waals surface area (Å²) in [5, 5.41) is 2.62. The van der Waals surface area contributed by atoms with Gasteiger partial charge in [0.2, 0.25) is 5.88 Å². The van der Waals surface area contributed by atoms with Crippen LogP contribution in [-0.4, -0.2) is 49.0 Å². The predicted molar refractivity (Wildman–Crippen MR) is 175 cm³/mol. The second-order valence-corrected chi connectivity index (χ2v) is 11.6. The summed E-state index contributed by atoms with van der Waals surface area (Å²) in [5.41, 5.74) is 4.17. The zero-order valence-corrected chi connectivity index (χ0v) is 26.5. The molecule has 3 aromatic carbocycles. The van der Waals surface area contributed by atoms with Crippen molar-refractivity contribution in [2.75, 3.05) is 20.3 Å². The highest BCUT2D eigenvalue weighted by Gasteiger charge is 2.26. The van der Waals surface area contributed by atoms with Crippen LogP contribution in [0.25, 0.3) is 22.4 Å². The van der Waals surface area contributed by atoms with E-state index in [0.29, 0.717) is 24.8 Å². The minimum absolute atomic E-state index is 0.204. The smallest absolute Gasteiger partial charge is 0.408 e. The molecule has 45 heavy (non-hydrogen) atoms. The van der Waals surface area contributed by atoms with Crippen LogP contribution in [0.3, 0.4) is 0 Å². The number of nitrogens with one attached hydrogen (secondary N) is 1. The Bertz CT molecular complexity index is 1460. The Kier molecular flexibility index (Phi) is 12.0. The van der Waals surface area contributed by atoms with Crippen LogP contribution >= 0.6 is 0 Å². The van der Waals surface area contributed by atoms with Crippen LogP contribution in [0.5, 0.6) is 11.6 Å². The van der Waals surface area contributed by atoms with Gasteiger partial charge >= 0.3 is 12.1 Å². The molecule has 0 aliphatic carbocycles.